The lowest BCUT2D eigenvalue weighted by atomic mass is 10.1. The average molecular weight is 363 g/mol. The molecule has 1 N–H and O–H groups in total. The molecule has 3 aromatic heterocycles. The number of fused-ring (bicyclic) bond motifs is 3. The minimum atomic E-state index is -0.164. The molecular formula is C20H21N5O2. The van der Waals surface area contributed by atoms with Gasteiger partial charge in [0.25, 0.3) is 5.91 Å². The number of furan rings is 1. The summed E-state index contributed by atoms with van der Waals surface area (Å²) in [4.78, 5) is 17.1. The standard InChI is InChI=1S/C20H21N5O2/c1-11(2)25-13(4)22-19-18(25)16-9-14(6-8-17(16)23-24-19)20(26)21-10-15-7-5-12(3)27-15/h5-9,11H,10H2,1-4H3,(H,21,26). The Morgan fingerprint density at radius 3 is 2.70 bits per heavy atom. The second kappa shape index (κ2) is 6.50. The number of hydrogen-bond donors (Lipinski definition) is 1. The molecule has 0 saturated heterocycles. The van der Waals surface area contributed by atoms with E-state index in [0.717, 1.165) is 33.8 Å². The molecule has 1 amide bonds. The molecule has 7 nitrogen and oxygen atoms in total. The zero-order chi connectivity index (χ0) is 19.1. The van der Waals surface area contributed by atoms with Crippen LogP contribution in [0.4, 0.5) is 0 Å². The quantitative estimate of drug-likeness (QED) is 0.597. The van der Waals surface area contributed by atoms with E-state index in [4.69, 9.17) is 4.42 Å². The predicted molar refractivity (Wildman–Crippen MR) is 103 cm³/mol. The van der Waals surface area contributed by atoms with E-state index in [1.54, 1.807) is 6.07 Å². The molecule has 138 valence electrons. The molecule has 0 saturated carbocycles. The van der Waals surface area contributed by atoms with Crippen molar-refractivity contribution in [2.45, 2.75) is 40.3 Å². The zero-order valence-corrected chi connectivity index (χ0v) is 15.8. The van der Waals surface area contributed by atoms with E-state index in [1.807, 2.05) is 38.1 Å². The molecule has 4 rings (SSSR count). The summed E-state index contributed by atoms with van der Waals surface area (Å²) in [5.41, 5.74) is 2.80. The average Bonchev–Trinajstić information content (AvgIpc) is 3.21. The van der Waals surface area contributed by atoms with Crippen LogP contribution in [0, 0.1) is 13.8 Å². The van der Waals surface area contributed by atoms with Gasteiger partial charge in [-0.25, -0.2) is 4.98 Å². The molecule has 0 aliphatic heterocycles. The van der Waals surface area contributed by atoms with Crippen molar-refractivity contribution in [1.29, 1.82) is 0 Å². The van der Waals surface area contributed by atoms with Crippen molar-refractivity contribution in [3.05, 3.63) is 53.2 Å². The summed E-state index contributed by atoms with van der Waals surface area (Å²) in [6.07, 6.45) is 0. The van der Waals surface area contributed by atoms with Gasteiger partial charge in [-0.2, -0.15) is 0 Å². The fourth-order valence-corrected chi connectivity index (χ4v) is 3.39. The number of benzene rings is 1. The van der Waals surface area contributed by atoms with E-state index in [0.29, 0.717) is 17.8 Å². The van der Waals surface area contributed by atoms with Crippen molar-refractivity contribution >= 4 is 28.0 Å². The van der Waals surface area contributed by atoms with E-state index in [2.05, 4.69) is 38.9 Å². The van der Waals surface area contributed by atoms with Gasteiger partial charge in [0.05, 0.1) is 17.6 Å². The van der Waals surface area contributed by atoms with Crippen molar-refractivity contribution in [2.75, 3.05) is 0 Å². The summed E-state index contributed by atoms with van der Waals surface area (Å²) >= 11 is 0. The Morgan fingerprint density at radius 1 is 1.19 bits per heavy atom. The third-order valence-corrected chi connectivity index (χ3v) is 4.57. The summed E-state index contributed by atoms with van der Waals surface area (Å²) in [5, 5.41) is 12.2. The number of hydrogen-bond acceptors (Lipinski definition) is 5. The van der Waals surface area contributed by atoms with Gasteiger partial charge in [-0.05, 0) is 58.0 Å². The number of aryl methyl sites for hydroxylation is 2. The van der Waals surface area contributed by atoms with Gasteiger partial charge in [0.2, 0.25) is 5.65 Å². The molecule has 0 spiro atoms. The van der Waals surface area contributed by atoms with E-state index in [-0.39, 0.29) is 11.9 Å². The highest BCUT2D eigenvalue weighted by Gasteiger charge is 2.17. The maximum Gasteiger partial charge on any atom is 0.251 e. The molecule has 4 aromatic rings. The fourth-order valence-electron chi connectivity index (χ4n) is 3.39. The summed E-state index contributed by atoms with van der Waals surface area (Å²) in [6.45, 7) is 8.37. The largest absolute Gasteiger partial charge is 0.465 e. The monoisotopic (exact) mass is 363 g/mol. The third kappa shape index (κ3) is 3.05. The first-order valence-electron chi connectivity index (χ1n) is 8.92. The topological polar surface area (TPSA) is 85.8 Å². The molecule has 27 heavy (non-hydrogen) atoms. The Labute approximate surface area is 156 Å². The van der Waals surface area contributed by atoms with Crippen LogP contribution in [-0.2, 0) is 6.54 Å². The zero-order valence-electron chi connectivity index (χ0n) is 15.8. The molecule has 0 bridgehead atoms. The number of nitrogens with one attached hydrogen (secondary N) is 1. The van der Waals surface area contributed by atoms with E-state index < -0.39 is 0 Å². The lowest BCUT2D eigenvalue weighted by Crippen LogP contribution is -2.22. The highest BCUT2D eigenvalue weighted by Crippen LogP contribution is 2.27. The lowest BCUT2D eigenvalue weighted by molar-refractivity contribution is 0.0948. The van der Waals surface area contributed by atoms with Crippen molar-refractivity contribution in [3.63, 3.8) is 0 Å². The molecule has 0 unspecified atom stereocenters. The molecule has 0 fully saturated rings. The van der Waals surface area contributed by atoms with Crippen LogP contribution in [0.25, 0.3) is 22.1 Å². The SMILES string of the molecule is Cc1ccc(CNC(=O)c2ccc3nnc4nc(C)n(C(C)C)c4c3c2)o1. The first kappa shape index (κ1) is 17.2. The van der Waals surface area contributed by atoms with Crippen LogP contribution >= 0.6 is 0 Å². The second-order valence-corrected chi connectivity index (χ2v) is 6.92. The molecule has 1 aromatic carbocycles. The van der Waals surface area contributed by atoms with E-state index >= 15 is 0 Å². The summed E-state index contributed by atoms with van der Waals surface area (Å²) < 4.78 is 7.62. The Balaban J connectivity index is 1.74. The van der Waals surface area contributed by atoms with Gasteiger partial charge in [0, 0.05) is 17.0 Å². The van der Waals surface area contributed by atoms with Crippen LogP contribution in [0.2, 0.25) is 0 Å². The maximum atomic E-state index is 12.6. The van der Waals surface area contributed by atoms with E-state index in [1.165, 1.54) is 0 Å². The van der Waals surface area contributed by atoms with Crippen molar-refractivity contribution in [1.82, 2.24) is 25.1 Å². The normalized spacial score (nSPS) is 11.6. The van der Waals surface area contributed by atoms with Gasteiger partial charge in [-0.1, -0.05) is 0 Å². The first-order valence-corrected chi connectivity index (χ1v) is 8.92. The van der Waals surface area contributed by atoms with Gasteiger partial charge >= 0.3 is 0 Å². The molecule has 3 heterocycles. The highest BCUT2D eigenvalue weighted by atomic mass is 16.3. The third-order valence-electron chi connectivity index (χ3n) is 4.57. The van der Waals surface area contributed by atoms with Gasteiger partial charge in [-0.3, -0.25) is 4.79 Å². The van der Waals surface area contributed by atoms with Gasteiger partial charge in [0.1, 0.15) is 17.3 Å². The maximum absolute atomic E-state index is 12.6. The summed E-state index contributed by atoms with van der Waals surface area (Å²) in [7, 11) is 0. The predicted octanol–water partition coefficient (Wildman–Crippen LogP) is 3.70. The van der Waals surface area contributed by atoms with Crippen LogP contribution in [0.5, 0.6) is 0 Å². The Morgan fingerprint density at radius 2 is 2.00 bits per heavy atom. The first-order chi connectivity index (χ1) is 12.9. The molecule has 0 radical (unpaired) electrons. The smallest absolute Gasteiger partial charge is 0.251 e. The lowest BCUT2D eigenvalue weighted by Gasteiger charge is -2.12. The van der Waals surface area contributed by atoms with Crippen LogP contribution in [0.15, 0.2) is 34.7 Å². The number of rotatable bonds is 4. The van der Waals surface area contributed by atoms with Gasteiger partial charge in [0.15, 0.2) is 0 Å². The van der Waals surface area contributed by atoms with Crippen LogP contribution < -0.4 is 5.32 Å². The number of imidazole rings is 1. The Hall–Kier alpha value is -3.22. The van der Waals surface area contributed by atoms with Gasteiger partial charge < -0.3 is 14.3 Å². The minimum Gasteiger partial charge on any atom is -0.465 e. The van der Waals surface area contributed by atoms with Crippen LogP contribution in [0.3, 0.4) is 0 Å². The number of carbonyl (C=O) groups is 1. The van der Waals surface area contributed by atoms with Crippen LogP contribution in [-0.4, -0.2) is 25.7 Å². The Bertz CT molecular complexity index is 1160. The van der Waals surface area contributed by atoms with Crippen molar-refractivity contribution in [3.8, 4) is 0 Å². The van der Waals surface area contributed by atoms with Crippen molar-refractivity contribution < 1.29 is 9.21 Å². The Kier molecular flexibility index (Phi) is 4.14. The number of aromatic nitrogens is 4. The fraction of sp³-hybridized carbons (Fsp3) is 0.300. The number of nitrogens with zero attached hydrogens (tertiary/aromatic N) is 4. The molecule has 0 aliphatic rings. The second-order valence-electron chi connectivity index (χ2n) is 6.92. The molecule has 7 heteroatoms. The highest BCUT2D eigenvalue weighted by molar-refractivity contribution is 6.05. The summed E-state index contributed by atoms with van der Waals surface area (Å²) in [5.74, 6) is 2.26. The number of carbonyl (C=O) groups excluding carboxylic acids is 1. The molecule has 0 aliphatic carbocycles. The number of amides is 1. The van der Waals surface area contributed by atoms with Crippen LogP contribution in [0.1, 0.15) is 47.6 Å². The summed E-state index contributed by atoms with van der Waals surface area (Å²) in [6, 6.07) is 9.40. The molecule has 0 atom stereocenters. The van der Waals surface area contributed by atoms with Gasteiger partial charge in [-0.15, -0.1) is 10.2 Å². The minimum absolute atomic E-state index is 0.164. The van der Waals surface area contributed by atoms with E-state index in [9.17, 15) is 4.79 Å². The molecular weight excluding hydrogens is 342 g/mol. The van der Waals surface area contributed by atoms with Crippen molar-refractivity contribution in [2.24, 2.45) is 0 Å².